The second-order valence-corrected chi connectivity index (χ2v) is 2.19. The molecule has 0 aliphatic carbocycles. The molecule has 0 aliphatic rings. The summed E-state index contributed by atoms with van der Waals surface area (Å²) in [7, 11) is 0. The maximum atomic E-state index is 8.26. The van der Waals surface area contributed by atoms with Crippen LogP contribution < -0.4 is 0 Å². The third-order valence-electron chi connectivity index (χ3n) is 1.46. The molecule has 2 aromatic rings. The van der Waals surface area contributed by atoms with E-state index in [9.17, 15) is 0 Å². The van der Waals surface area contributed by atoms with Gasteiger partial charge in [-0.1, -0.05) is 0 Å². The maximum absolute atomic E-state index is 8.26. The molecule has 0 aromatic carbocycles. The number of hydrogen-bond donors (Lipinski definition) is 1. The number of rotatable bonds is 0. The van der Waals surface area contributed by atoms with E-state index in [4.69, 9.17) is 5.26 Å². The Morgan fingerprint density at radius 1 is 1.31 bits per heavy atom. The SMILES string of the molecule is N#CC#Cc1ncnc2nc[nH]c12. The molecule has 5 heteroatoms. The van der Waals surface area contributed by atoms with E-state index in [1.807, 2.05) is 0 Å². The molecule has 5 nitrogen and oxygen atoms in total. The molecular weight excluding hydrogens is 166 g/mol. The average molecular weight is 169 g/mol. The van der Waals surface area contributed by atoms with Crippen LogP contribution in [0.5, 0.6) is 0 Å². The summed E-state index contributed by atoms with van der Waals surface area (Å²) in [4.78, 5) is 14.6. The van der Waals surface area contributed by atoms with Crippen molar-refractivity contribution in [1.82, 2.24) is 19.9 Å². The molecule has 0 saturated carbocycles. The number of H-pyrrole nitrogens is 1. The summed E-state index contributed by atoms with van der Waals surface area (Å²) in [6.07, 6.45) is 2.88. The number of aromatic amines is 1. The summed E-state index contributed by atoms with van der Waals surface area (Å²) in [5.41, 5.74) is 1.70. The minimum absolute atomic E-state index is 0.490. The Labute approximate surface area is 73.5 Å². The molecule has 0 unspecified atom stereocenters. The van der Waals surface area contributed by atoms with Gasteiger partial charge in [0.15, 0.2) is 11.7 Å². The number of aromatic nitrogens is 4. The van der Waals surface area contributed by atoms with Crippen molar-refractivity contribution in [3.05, 3.63) is 18.3 Å². The van der Waals surface area contributed by atoms with Crippen LogP contribution in [0.25, 0.3) is 11.2 Å². The molecular formula is C8H3N5. The van der Waals surface area contributed by atoms with Crippen molar-refractivity contribution in [2.45, 2.75) is 0 Å². The fourth-order valence-electron chi connectivity index (χ4n) is 0.947. The highest BCUT2D eigenvalue weighted by Crippen LogP contribution is 2.06. The van der Waals surface area contributed by atoms with Gasteiger partial charge >= 0.3 is 0 Å². The highest BCUT2D eigenvalue weighted by atomic mass is 15.0. The molecule has 0 amide bonds. The number of hydrogen-bond acceptors (Lipinski definition) is 4. The predicted molar refractivity (Wildman–Crippen MR) is 44.2 cm³/mol. The van der Waals surface area contributed by atoms with Crippen molar-refractivity contribution in [2.24, 2.45) is 0 Å². The Bertz CT molecular complexity index is 537. The summed E-state index contributed by atoms with van der Waals surface area (Å²) < 4.78 is 0. The highest BCUT2D eigenvalue weighted by molar-refractivity contribution is 5.75. The first-order valence-corrected chi connectivity index (χ1v) is 3.46. The minimum atomic E-state index is 0.490. The number of imidazole rings is 1. The minimum Gasteiger partial charge on any atom is -0.341 e. The molecule has 60 valence electrons. The van der Waals surface area contributed by atoms with E-state index in [-0.39, 0.29) is 0 Å². The zero-order valence-corrected chi connectivity index (χ0v) is 6.44. The van der Waals surface area contributed by atoms with Crippen molar-refractivity contribution in [2.75, 3.05) is 0 Å². The molecule has 0 atom stereocenters. The topological polar surface area (TPSA) is 78.2 Å². The van der Waals surface area contributed by atoms with Gasteiger partial charge in [-0.05, 0) is 5.92 Å². The van der Waals surface area contributed by atoms with E-state index >= 15 is 0 Å². The van der Waals surface area contributed by atoms with E-state index in [1.54, 1.807) is 6.07 Å². The van der Waals surface area contributed by atoms with Crippen molar-refractivity contribution in [3.63, 3.8) is 0 Å². The Hall–Kier alpha value is -2.40. The summed E-state index contributed by atoms with van der Waals surface area (Å²) in [6, 6.07) is 1.72. The summed E-state index contributed by atoms with van der Waals surface area (Å²) in [5, 5.41) is 8.26. The predicted octanol–water partition coefficient (Wildman–Crippen LogP) is 0.228. The summed E-state index contributed by atoms with van der Waals surface area (Å²) in [6.45, 7) is 0. The third-order valence-corrected chi connectivity index (χ3v) is 1.46. The lowest BCUT2D eigenvalue weighted by atomic mass is 10.3. The zero-order chi connectivity index (χ0) is 9.10. The van der Waals surface area contributed by atoms with E-state index in [0.29, 0.717) is 16.9 Å². The van der Waals surface area contributed by atoms with Gasteiger partial charge in [0.05, 0.1) is 6.33 Å². The van der Waals surface area contributed by atoms with Crippen LogP contribution in [0.15, 0.2) is 12.7 Å². The van der Waals surface area contributed by atoms with E-state index in [0.717, 1.165) is 0 Å². The lowest BCUT2D eigenvalue weighted by Gasteiger charge is -1.88. The van der Waals surface area contributed by atoms with Crippen LogP contribution in [0.3, 0.4) is 0 Å². The van der Waals surface area contributed by atoms with Crippen LogP contribution in [0.2, 0.25) is 0 Å². The first-order valence-electron chi connectivity index (χ1n) is 3.46. The smallest absolute Gasteiger partial charge is 0.181 e. The standard InChI is InChI=1S/C8H3N5/c9-3-1-2-6-7-8(12-4-10-6)13-5-11-7/h4-5H,(H,10,11,12,13). The normalized spacial score (nSPS) is 8.85. The van der Waals surface area contributed by atoms with Gasteiger partial charge in [-0.3, -0.25) is 0 Å². The van der Waals surface area contributed by atoms with Gasteiger partial charge in [0.1, 0.15) is 17.5 Å². The summed E-state index contributed by atoms with van der Waals surface area (Å²) in [5.74, 6) is 4.85. The third kappa shape index (κ3) is 1.19. The van der Waals surface area contributed by atoms with Crippen LogP contribution in [-0.2, 0) is 0 Å². The van der Waals surface area contributed by atoms with Gasteiger partial charge in [0.2, 0.25) is 0 Å². The molecule has 0 fully saturated rings. The van der Waals surface area contributed by atoms with Gasteiger partial charge in [-0.25, -0.2) is 15.0 Å². The number of fused-ring (bicyclic) bond motifs is 1. The van der Waals surface area contributed by atoms with Crippen molar-refractivity contribution in [1.29, 1.82) is 5.26 Å². The highest BCUT2D eigenvalue weighted by Gasteiger charge is 2.01. The molecule has 0 aliphatic heterocycles. The van der Waals surface area contributed by atoms with Crippen LogP contribution >= 0.6 is 0 Å². The van der Waals surface area contributed by atoms with Crippen molar-refractivity contribution >= 4 is 11.2 Å². The zero-order valence-electron chi connectivity index (χ0n) is 6.44. The van der Waals surface area contributed by atoms with Crippen LogP contribution in [0.4, 0.5) is 0 Å². The molecule has 2 rings (SSSR count). The molecule has 0 bridgehead atoms. The number of nitrogens with zero attached hydrogens (tertiary/aromatic N) is 4. The second-order valence-electron chi connectivity index (χ2n) is 2.19. The van der Waals surface area contributed by atoms with E-state index in [2.05, 4.69) is 31.8 Å². The molecule has 13 heavy (non-hydrogen) atoms. The Balaban J connectivity index is 2.69. The van der Waals surface area contributed by atoms with E-state index < -0.39 is 0 Å². The van der Waals surface area contributed by atoms with Gasteiger partial charge in [0.25, 0.3) is 0 Å². The van der Waals surface area contributed by atoms with Gasteiger partial charge in [0, 0.05) is 5.92 Å². The molecule has 0 spiro atoms. The molecule has 2 heterocycles. The summed E-state index contributed by atoms with van der Waals surface area (Å²) >= 11 is 0. The first-order chi connectivity index (χ1) is 6.42. The largest absolute Gasteiger partial charge is 0.341 e. The fourth-order valence-corrected chi connectivity index (χ4v) is 0.947. The Morgan fingerprint density at radius 2 is 2.23 bits per heavy atom. The second kappa shape index (κ2) is 2.92. The Morgan fingerprint density at radius 3 is 3.08 bits per heavy atom. The van der Waals surface area contributed by atoms with Crippen LogP contribution in [-0.4, -0.2) is 19.9 Å². The van der Waals surface area contributed by atoms with E-state index in [1.165, 1.54) is 12.7 Å². The fraction of sp³-hybridized carbons (Fsp3) is 0. The van der Waals surface area contributed by atoms with Crippen LogP contribution in [0.1, 0.15) is 5.69 Å². The molecule has 1 N–H and O–H groups in total. The van der Waals surface area contributed by atoms with Crippen LogP contribution in [0, 0.1) is 23.2 Å². The van der Waals surface area contributed by atoms with Crippen molar-refractivity contribution in [3.8, 4) is 17.9 Å². The number of nitriles is 1. The lowest BCUT2D eigenvalue weighted by molar-refractivity contribution is 1.18. The number of nitrogens with one attached hydrogen (secondary N) is 1. The van der Waals surface area contributed by atoms with Gasteiger partial charge in [-0.15, -0.1) is 0 Å². The quantitative estimate of drug-likeness (QED) is 0.572. The first kappa shape index (κ1) is 7.26. The molecule has 0 saturated heterocycles. The molecule has 2 aromatic heterocycles. The molecule has 0 radical (unpaired) electrons. The van der Waals surface area contributed by atoms with Gasteiger partial charge in [-0.2, -0.15) is 5.26 Å². The average Bonchev–Trinajstić information content (AvgIpc) is 2.62. The van der Waals surface area contributed by atoms with Crippen molar-refractivity contribution < 1.29 is 0 Å². The van der Waals surface area contributed by atoms with Gasteiger partial charge < -0.3 is 4.98 Å². The lowest BCUT2D eigenvalue weighted by Crippen LogP contribution is -1.86. The maximum Gasteiger partial charge on any atom is 0.181 e. The monoisotopic (exact) mass is 169 g/mol. The Kier molecular flexibility index (Phi) is 1.63.